The molecular weight excluding hydrogens is 314 g/mol. The van der Waals surface area contributed by atoms with Gasteiger partial charge in [0, 0.05) is 35.7 Å². The number of rotatable bonds is 3. The number of aromatic nitrogens is 1. The van der Waals surface area contributed by atoms with Crippen molar-refractivity contribution in [1.82, 2.24) is 14.8 Å². The summed E-state index contributed by atoms with van der Waals surface area (Å²) in [5.74, 6) is -0.258. The fourth-order valence-electron chi connectivity index (χ4n) is 5.01. The van der Waals surface area contributed by atoms with E-state index in [4.69, 9.17) is 0 Å². The molecular formula is C20H23N3O2. The highest BCUT2D eigenvalue weighted by Gasteiger charge is 2.37. The minimum Gasteiger partial charge on any atom is -0.345 e. The van der Waals surface area contributed by atoms with Crippen LogP contribution in [-0.2, 0) is 17.8 Å². The molecule has 3 fully saturated rings. The van der Waals surface area contributed by atoms with Crippen molar-refractivity contribution in [3.05, 3.63) is 35.5 Å². The Kier molecular flexibility index (Phi) is 3.45. The van der Waals surface area contributed by atoms with Crippen molar-refractivity contribution in [3.8, 4) is 0 Å². The molecule has 0 radical (unpaired) electrons. The standard InChI is InChI=1S/C20H23N3O2/c24-19(20(25)21-15-12-22-10-7-13(15)8-11-22)18-14-4-1-2-5-16(14)23-9-3-6-17(18)23/h1-2,4-5,13,15H,3,6-12H2,(H,21,25)/t15-/m1/s1. The number of Topliss-reactive ketones (excluding diaryl/α,β-unsaturated/α-hetero) is 1. The monoisotopic (exact) mass is 337 g/mol. The molecule has 25 heavy (non-hydrogen) atoms. The van der Waals surface area contributed by atoms with Crippen molar-refractivity contribution < 1.29 is 9.59 Å². The maximum absolute atomic E-state index is 13.0. The number of piperidine rings is 3. The maximum atomic E-state index is 13.0. The molecule has 5 heteroatoms. The lowest BCUT2D eigenvalue weighted by molar-refractivity contribution is -0.119. The molecule has 2 aromatic rings. The number of nitrogens with one attached hydrogen (secondary N) is 1. The molecule has 1 amide bonds. The summed E-state index contributed by atoms with van der Waals surface area (Å²) in [5, 5.41) is 3.98. The van der Waals surface area contributed by atoms with Gasteiger partial charge in [0.05, 0.1) is 5.56 Å². The van der Waals surface area contributed by atoms with E-state index in [1.807, 2.05) is 24.3 Å². The van der Waals surface area contributed by atoms with E-state index in [1.54, 1.807) is 0 Å². The van der Waals surface area contributed by atoms with E-state index in [0.717, 1.165) is 68.5 Å². The van der Waals surface area contributed by atoms with Crippen LogP contribution in [-0.4, -0.2) is 46.8 Å². The number of carbonyl (C=O) groups is 2. The first kappa shape index (κ1) is 15.1. The molecule has 1 N–H and O–H groups in total. The molecule has 0 unspecified atom stereocenters. The molecule has 0 aliphatic carbocycles. The number of hydrogen-bond acceptors (Lipinski definition) is 3. The van der Waals surface area contributed by atoms with Crippen molar-refractivity contribution in [2.75, 3.05) is 19.6 Å². The Balaban J connectivity index is 1.45. The van der Waals surface area contributed by atoms with Crippen LogP contribution in [0.1, 0.15) is 35.3 Å². The Bertz CT molecular complexity index is 861. The quantitative estimate of drug-likeness (QED) is 0.688. The average molecular weight is 337 g/mol. The number of aryl methyl sites for hydroxylation is 1. The third kappa shape index (κ3) is 2.33. The number of para-hydroxylation sites is 1. The van der Waals surface area contributed by atoms with Gasteiger partial charge < -0.3 is 14.8 Å². The molecule has 0 saturated carbocycles. The van der Waals surface area contributed by atoms with Gasteiger partial charge in [-0.05, 0) is 50.8 Å². The van der Waals surface area contributed by atoms with Crippen LogP contribution in [0.25, 0.3) is 10.9 Å². The van der Waals surface area contributed by atoms with Gasteiger partial charge in [-0.2, -0.15) is 0 Å². The van der Waals surface area contributed by atoms with Crippen LogP contribution in [0.5, 0.6) is 0 Å². The second kappa shape index (κ2) is 5.70. The van der Waals surface area contributed by atoms with Crippen LogP contribution in [0.2, 0.25) is 0 Å². The van der Waals surface area contributed by atoms with Crippen LogP contribution >= 0.6 is 0 Å². The summed E-state index contributed by atoms with van der Waals surface area (Å²) in [7, 11) is 0. The minimum absolute atomic E-state index is 0.126. The Hall–Kier alpha value is -2.14. The third-order valence-corrected chi connectivity index (χ3v) is 6.28. The van der Waals surface area contributed by atoms with Gasteiger partial charge in [0.25, 0.3) is 11.7 Å². The zero-order valence-corrected chi connectivity index (χ0v) is 14.3. The summed E-state index contributed by atoms with van der Waals surface area (Å²) in [4.78, 5) is 28.2. The molecule has 5 nitrogen and oxygen atoms in total. The molecule has 4 aliphatic rings. The summed E-state index contributed by atoms with van der Waals surface area (Å²) < 4.78 is 2.21. The SMILES string of the molecule is O=C(N[C@@H]1CN2CCC1CC2)C(=O)c1c2n(c3ccccc13)CCC2. The van der Waals surface area contributed by atoms with Crippen molar-refractivity contribution in [2.45, 2.75) is 38.3 Å². The maximum Gasteiger partial charge on any atom is 0.292 e. The van der Waals surface area contributed by atoms with E-state index in [0.29, 0.717) is 11.5 Å². The Morgan fingerprint density at radius 1 is 1.08 bits per heavy atom. The molecule has 130 valence electrons. The molecule has 5 heterocycles. The summed E-state index contributed by atoms with van der Waals surface area (Å²) in [6.45, 7) is 4.08. The number of benzene rings is 1. The van der Waals surface area contributed by atoms with Gasteiger partial charge in [0.1, 0.15) is 0 Å². The van der Waals surface area contributed by atoms with Crippen LogP contribution < -0.4 is 5.32 Å². The molecule has 3 saturated heterocycles. The highest BCUT2D eigenvalue weighted by Crippen LogP contribution is 2.32. The first-order valence-electron chi connectivity index (χ1n) is 9.40. The van der Waals surface area contributed by atoms with E-state index in [9.17, 15) is 9.59 Å². The Morgan fingerprint density at radius 2 is 1.88 bits per heavy atom. The van der Waals surface area contributed by atoms with Crippen LogP contribution in [0.15, 0.2) is 24.3 Å². The lowest BCUT2D eigenvalue weighted by atomic mass is 9.84. The second-order valence-corrected chi connectivity index (χ2v) is 7.64. The Labute approximate surface area is 147 Å². The predicted octanol–water partition coefficient (Wildman–Crippen LogP) is 1.98. The number of amides is 1. The largest absolute Gasteiger partial charge is 0.345 e. The molecule has 2 bridgehead atoms. The first-order chi connectivity index (χ1) is 12.2. The fourth-order valence-corrected chi connectivity index (χ4v) is 5.01. The molecule has 4 aliphatic heterocycles. The zero-order chi connectivity index (χ0) is 17.0. The minimum atomic E-state index is -0.426. The van der Waals surface area contributed by atoms with Gasteiger partial charge in [0.2, 0.25) is 0 Å². The van der Waals surface area contributed by atoms with Crippen LogP contribution in [0, 0.1) is 5.92 Å². The van der Waals surface area contributed by atoms with Crippen LogP contribution in [0.3, 0.4) is 0 Å². The van der Waals surface area contributed by atoms with Crippen LogP contribution in [0.4, 0.5) is 0 Å². The van der Waals surface area contributed by atoms with E-state index < -0.39 is 5.91 Å². The van der Waals surface area contributed by atoms with Crippen molar-refractivity contribution in [3.63, 3.8) is 0 Å². The number of nitrogens with zero attached hydrogens (tertiary/aromatic N) is 2. The van der Waals surface area contributed by atoms with E-state index in [1.165, 1.54) is 0 Å². The van der Waals surface area contributed by atoms with E-state index >= 15 is 0 Å². The average Bonchev–Trinajstić information content (AvgIpc) is 3.23. The summed E-state index contributed by atoms with van der Waals surface area (Å²) >= 11 is 0. The summed E-state index contributed by atoms with van der Waals surface area (Å²) in [6, 6.07) is 8.08. The van der Waals surface area contributed by atoms with Gasteiger partial charge in [-0.1, -0.05) is 18.2 Å². The Morgan fingerprint density at radius 3 is 2.64 bits per heavy atom. The highest BCUT2D eigenvalue weighted by molar-refractivity contribution is 6.45. The van der Waals surface area contributed by atoms with Crippen molar-refractivity contribution in [2.24, 2.45) is 5.92 Å². The lowest BCUT2D eigenvalue weighted by Gasteiger charge is -2.44. The topological polar surface area (TPSA) is 54.3 Å². The molecule has 1 aromatic heterocycles. The highest BCUT2D eigenvalue weighted by atomic mass is 16.2. The number of carbonyl (C=O) groups excluding carboxylic acids is 2. The second-order valence-electron chi connectivity index (χ2n) is 7.64. The predicted molar refractivity (Wildman–Crippen MR) is 95.7 cm³/mol. The zero-order valence-electron chi connectivity index (χ0n) is 14.3. The third-order valence-electron chi connectivity index (χ3n) is 6.28. The normalized spacial score (nSPS) is 27.4. The van der Waals surface area contributed by atoms with E-state index in [-0.39, 0.29) is 11.8 Å². The molecule has 1 atom stereocenters. The van der Waals surface area contributed by atoms with Gasteiger partial charge in [-0.25, -0.2) is 0 Å². The summed E-state index contributed by atoms with van der Waals surface area (Å²) in [6.07, 6.45) is 4.18. The van der Waals surface area contributed by atoms with E-state index in [2.05, 4.69) is 14.8 Å². The number of ketones is 1. The molecule has 6 rings (SSSR count). The fraction of sp³-hybridized carbons (Fsp3) is 0.500. The smallest absolute Gasteiger partial charge is 0.292 e. The number of hydrogen-bond donors (Lipinski definition) is 1. The number of fused-ring (bicyclic) bond motifs is 6. The van der Waals surface area contributed by atoms with Crippen molar-refractivity contribution in [1.29, 1.82) is 0 Å². The van der Waals surface area contributed by atoms with Gasteiger partial charge in [0.15, 0.2) is 0 Å². The molecule has 0 spiro atoms. The molecule has 1 aromatic carbocycles. The van der Waals surface area contributed by atoms with Crippen molar-refractivity contribution >= 4 is 22.6 Å². The van der Waals surface area contributed by atoms with Gasteiger partial charge in [-0.3, -0.25) is 9.59 Å². The summed E-state index contributed by atoms with van der Waals surface area (Å²) in [5.41, 5.74) is 2.75. The van der Waals surface area contributed by atoms with Gasteiger partial charge >= 0.3 is 0 Å². The van der Waals surface area contributed by atoms with Gasteiger partial charge in [-0.15, -0.1) is 0 Å². The lowest BCUT2D eigenvalue weighted by Crippen LogP contribution is -2.58. The first-order valence-corrected chi connectivity index (χ1v) is 9.40.